The van der Waals surface area contributed by atoms with Gasteiger partial charge in [0.05, 0.1) is 19.3 Å². The molecule has 0 radical (unpaired) electrons. The Hall–Kier alpha value is -2.83. The second-order valence-electron chi connectivity index (χ2n) is 6.32. The molecule has 0 saturated heterocycles. The summed E-state index contributed by atoms with van der Waals surface area (Å²) in [4.78, 5) is 12.3. The second-order valence-corrected chi connectivity index (χ2v) is 6.76. The number of amides is 1. The zero-order chi connectivity index (χ0) is 18.8. The Morgan fingerprint density at radius 1 is 1.26 bits per heavy atom. The molecule has 4 rings (SSSR count). The maximum atomic E-state index is 12.3. The Kier molecular flexibility index (Phi) is 4.83. The van der Waals surface area contributed by atoms with E-state index in [0.29, 0.717) is 23.8 Å². The largest absolute Gasteiger partial charge is 0.497 e. The van der Waals surface area contributed by atoms with Crippen LogP contribution >= 0.6 is 11.6 Å². The van der Waals surface area contributed by atoms with E-state index in [4.69, 9.17) is 16.3 Å². The average molecular weight is 383 g/mol. The predicted molar refractivity (Wildman–Crippen MR) is 104 cm³/mol. The lowest BCUT2D eigenvalue weighted by Crippen LogP contribution is -2.45. The highest BCUT2D eigenvalue weighted by atomic mass is 35.5. The monoisotopic (exact) mass is 382 g/mol. The van der Waals surface area contributed by atoms with Crippen LogP contribution in [-0.2, 0) is 6.54 Å². The highest BCUT2D eigenvalue weighted by Crippen LogP contribution is 2.26. The van der Waals surface area contributed by atoms with Gasteiger partial charge >= 0.3 is 0 Å². The summed E-state index contributed by atoms with van der Waals surface area (Å²) in [5.74, 6) is 0.626. The van der Waals surface area contributed by atoms with Crippen molar-refractivity contribution < 1.29 is 9.53 Å². The van der Waals surface area contributed by atoms with Crippen molar-refractivity contribution in [1.29, 1.82) is 0 Å². The summed E-state index contributed by atoms with van der Waals surface area (Å²) in [7, 11) is 1.63. The molecule has 1 amide bonds. The van der Waals surface area contributed by atoms with Crippen molar-refractivity contribution in [1.82, 2.24) is 20.4 Å². The van der Waals surface area contributed by atoms with Gasteiger partial charge in [0, 0.05) is 17.1 Å². The van der Waals surface area contributed by atoms with E-state index in [1.165, 1.54) is 0 Å². The fourth-order valence-electron chi connectivity index (χ4n) is 3.09. The molecule has 1 aliphatic rings. The smallest absolute Gasteiger partial charge is 0.269 e. The molecule has 27 heavy (non-hydrogen) atoms. The van der Waals surface area contributed by atoms with Crippen LogP contribution in [0.1, 0.15) is 22.2 Å². The standard InChI is InChI=1S/C20H19ClN4O2/c1-27-16-4-2-3-14(9-16)17-10-18-20(26)23-12-19(25(18)24-17)22-11-13-5-7-15(21)8-6-13/h2-10,19,22H,11-12H2,1H3,(H,23,26). The summed E-state index contributed by atoms with van der Waals surface area (Å²) in [5, 5.41) is 11.7. The normalized spacial score (nSPS) is 15.9. The van der Waals surface area contributed by atoms with Gasteiger partial charge in [0.1, 0.15) is 17.6 Å². The molecular formula is C20H19ClN4O2. The van der Waals surface area contributed by atoms with Gasteiger partial charge in [-0.15, -0.1) is 0 Å². The lowest BCUT2D eigenvalue weighted by molar-refractivity contribution is 0.0900. The van der Waals surface area contributed by atoms with Gasteiger partial charge in [0.2, 0.25) is 0 Å². The molecule has 6 nitrogen and oxygen atoms in total. The number of aromatic nitrogens is 2. The van der Waals surface area contributed by atoms with Crippen molar-refractivity contribution in [2.45, 2.75) is 12.7 Å². The minimum absolute atomic E-state index is 0.124. The Balaban J connectivity index is 1.59. The first-order valence-electron chi connectivity index (χ1n) is 8.64. The Morgan fingerprint density at radius 3 is 2.85 bits per heavy atom. The molecule has 1 aromatic heterocycles. The second kappa shape index (κ2) is 7.42. The minimum Gasteiger partial charge on any atom is -0.497 e. The van der Waals surface area contributed by atoms with Crippen molar-refractivity contribution in [3.63, 3.8) is 0 Å². The molecule has 0 fully saturated rings. The number of nitrogens with zero attached hydrogens (tertiary/aromatic N) is 2. The molecule has 2 aromatic carbocycles. The van der Waals surface area contributed by atoms with Crippen LogP contribution in [0.3, 0.4) is 0 Å². The van der Waals surface area contributed by atoms with Gasteiger partial charge in [-0.05, 0) is 35.9 Å². The van der Waals surface area contributed by atoms with E-state index in [0.717, 1.165) is 22.6 Å². The summed E-state index contributed by atoms with van der Waals surface area (Å²) in [5.41, 5.74) is 3.28. The lowest BCUT2D eigenvalue weighted by atomic mass is 10.1. The number of hydrogen-bond donors (Lipinski definition) is 2. The van der Waals surface area contributed by atoms with Crippen LogP contribution in [0.15, 0.2) is 54.6 Å². The Morgan fingerprint density at radius 2 is 2.07 bits per heavy atom. The van der Waals surface area contributed by atoms with Gasteiger partial charge < -0.3 is 10.1 Å². The highest BCUT2D eigenvalue weighted by molar-refractivity contribution is 6.30. The Labute approximate surface area is 162 Å². The van der Waals surface area contributed by atoms with Crippen molar-refractivity contribution >= 4 is 17.5 Å². The first kappa shape index (κ1) is 17.6. The van der Waals surface area contributed by atoms with E-state index in [9.17, 15) is 4.79 Å². The van der Waals surface area contributed by atoms with Crippen LogP contribution in [0, 0.1) is 0 Å². The fourth-order valence-corrected chi connectivity index (χ4v) is 3.21. The van der Waals surface area contributed by atoms with E-state index >= 15 is 0 Å². The topological polar surface area (TPSA) is 68.2 Å². The number of rotatable bonds is 5. The number of benzene rings is 2. The van der Waals surface area contributed by atoms with Crippen LogP contribution in [-0.4, -0.2) is 29.3 Å². The molecule has 0 bridgehead atoms. The zero-order valence-corrected chi connectivity index (χ0v) is 15.5. The molecule has 138 valence electrons. The average Bonchev–Trinajstić information content (AvgIpc) is 3.15. The quantitative estimate of drug-likeness (QED) is 0.710. The number of carbonyl (C=O) groups is 1. The highest BCUT2D eigenvalue weighted by Gasteiger charge is 2.27. The number of hydrogen-bond acceptors (Lipinski definition) is 4. The number of ether oxygens (including phenoxy) is 1. The van der Waals surface area contributed by atoms with E-state index in [-0.39, 0.29) is 12.1 Å². The van der Waals surface area contributed by atoms with E-state index < -0.39 is 0 Å². The third-order valence-electron chi connectivity index (χ3n) is 4.54. The molecule has 3 aromatic rings. The van der Waals surface area contributed by atoms with Gasteiger partial charge in [-0.3, -0.25) is 10.1 Å². The molecule has 1 atom stereocenters. The van der Waals surface area contributed by atoms with Gasteiger partial charge in [0.25, 0.3) is 5.91 Å². The third kappa shape index (κ3) is 3.67. The number of fused-ring (bicyclic) bond motifs is 1. The molecule has 2 N–H and O–H groups in total. The maximum absolute atomic E-state index is 12.3. The molecule has 0 aliphatic carbocycles. The summed E-state index contributed by atoms with van der Waals surface area (Å²) in [6.45, 7) is 1.12. The number of nitrogens with one attached hydrogen (secondary N) is 2. The van der Waals surface area contributed by atoms with Gasteiger partial charge in [0.15, 0.2) is 0 Å². The zero-order valence-electron chi connectivity index (χ0n) is 14.8. The van der Waals surface area contributed by atoms with Crippen molar-refractivity contribution in [2.24, 2.45) is 0 Å². The van der Waals surface area contributed by atoms with Crippen LogP contribution in [0.2, 0.25) is 5.02 Å². The summed E-state index contributed by atoms with van der Waals surface area (Å²) < 4.78 is 7.03. The fraction of sp³-hybridized carbons (Fsp3) is 0.200. The van der Waals surface area contributed by atoms with Crippen LogP contribution in [0.4, 0.5) is 0 Å². The molecule has 2 heterocycles. The lowest BCUT2D eigenvalue weighted by Gasteiger charge is -2.25. The van der Waals surface area contributed by atoms with Gasteiger partial charge in [-0.2, -0.15) is 5.10 Å². The van der Waals surface area contributed by atoms with Gasteiger partial charge in [-0.1, -0.05) is 35.9 Å². The van der Waals surface area contributed by atoms with Gasteiger partial charge in [-0.25, -0.2) is 4.68 Å². The molecule has 1 unspecified atom stereocenters. The van der Waals surface area contributed by atoms with E-state index in [1.807, 2.05) is 48.5 Å². The number of carbonyl (C=O) groups excluding carboxylic acids is 1. The number of methoxy groups -OCH3 is 1. The summed E-state index contributed by atoms with van der Waals surface area (Å²) in [6, 6.07) is 17.1. The first-order valence-corrected chi connectivity index (χ1v) is 9.02. The SMILES string of the molecule is COc1cccc(-c2cc3n(n2)C(NCc2ccc(Cl)cc2)CNC3=O)c1. The minimum atomic E-state index is -0.132. The van der Waals surface area contributed by atoms with Crippen molar-refractivity contribution in [3.8, 4) is 17.0 Å². The first-order chi connectivity index (χ1) is 13.1. The molecule has 1 aliphatic heterocycles. The third-order valence-corrected chi connectivity index (χ3v) is 4.79. The molecular weight excluding hydrogens is 364 g/mol. The van der Waals surface area contributed by atoms with Crippen molar-refractivity contribution in [3.05, 3.63) is 70.9 Å². The maximum Gasteiger partial charge on any atom is 0.269 e. The van der Waals surface area contributed by atoms with E-state index in [1.54, 1.807) is 17.9 Å². The summed E-state index contributed by atoms with van der Waals surface area (Å²) in [6.07, 6.45) is -0.132. The molecule has 0 saturated carbocycles. The summed E-state index contributed by atoms with van der Waals surface area (Å²) >= 11 is 5.94. The Bertz CT molecular complexity index is 968. The van der Waals surface area contributed by atoms with Crippen LogP contribution in [0.5, 0.6) is 5.75 Å². The number of halogens is 1. The van der Waals surface area contributed by atoms with Crippen molar-refractivity contribution in [2.75, 3.05) is 13.7 Å². The molecule has 7 heteroatoms. The molecule has 0 spiro atoms. The predicted octanol–water partition coefficient (Wildman–Crippen LogP) is 3.24. The van der Waals surface area contributed by atoms with Crippen LogP contribution < -0.4 is 15.4 Å². The van der Waals surface area contributed by atoms with E-state index in [2.05, 4.69) is 15.7 Å². The van der Waals surface area contributed by atoms with Crippen LogP contribution in [0.25, 0.3) is 11.3 Å².